The number of hydrogen-bond acceptors (Lipinski definition) is 8. The van der Waals surface area contributed by atoms with Crippen LogP contribution in [0.4, 0.5) is 0 Å². The number of benzene rings is 4. The third kappa shape index (κ3) is 11.9. The largest absolute Gasteiger partial charge is 0.508 e. The fourth-order valence-corrected chi connectivity index (χ4v) is 3.53. The average molecular weight is 621 g/mol. The highest BCUT2D eigenvalue weighted by molar-refractivity contribution is 9.10. The smallest absolute Gasteiger partial charge is 0.338 e. The fourth-order valence-electron chi connectivity index (χ4n) is 3.12. The highest BCUT2D eigenvalue weighted by Gasteiger charge is 2.08. The lowest BCUT2D eigenvalue weighted by Crippen LogP contribution is -2.04. The van der Waals surface area contributed by atoms with Crippen LogP contribution in [0.15, 0.2) is 102 Å². The molecular weight excluding hydrogens is 592 g/mol. The lowest BCUT2D eigenvalue weighted by Gasteiger charge is -2.07. The van der Waals surface area contributed by atoms with E-state index in [0.717, 1.165) is 17.0 Å². The number of ether oxygens (including phenoxy) is 3. The number of aromatic hydroxyl groups is 1. The fraction of sp³-hybridized carbons (Fsp3) is 0.125. The van der Waals surface area contributed by atoms with Gasteiger partial charge in [0, 0.05) is 15.6 Å². The Bertz CT molecular complexity index is 1450. The number of aldehydes is 2. The summed E-state index contributed by atoms with van der Waals surface area (Å²) < 4.78 is 16.2. The monoisotopic (exact) mass is 620 g/mol. The maximum Gasteiger partial charge on any atom is 0.338 e. The maximum absolute atomic E-state index is 11.6. The molecule has 0 aliphatic rings. The van der Waals surface area contributed by atoms with Gasteiger partial charge in [0.2, 0.25) is 0 Å². The van der Waals surface area contributed by atoms with Gasteiger partial charge >= 0.3 is 11.9 Å². The summed E-state index contributed by atoms with van der Waals surface area (Å²) in [4.78, 5) is 43.5. The van der Waals surface area contributed by atoms with E-state index in [9.17, 15) is 19.2 Å². The van der Waals surface area contributed by atoms with Crippen LogP contribution in [0.3, 0.4) is 0 Å². The molecule has 0 saturated carbocycles. The van der Waals surface area contributed by atoms with Crippen LogP contribution in [0.25, 0.3) is 0 Å². The van der Waals surface area contributed by atoms with Crippen LogP contribution < -0.4 is 4.74 Å². The molecule has 0 heterocycles. The van der Waals surface area contributed by atoms with Crippen LogP contribution in [-0.4, -0.2) is 42.8 Å². The second-order valence-electron chi connectivity index (χ2n) is 7.98. The number of rotatable bonds is 8. The van der Waals surface area contributed by atoms with Gasteiger partial charge in [0.15, 0.2) is 0 Å². The van der Waals surface area contributed by atoms with Gasteiger partial charge in [-0.15, -0.1) is 0 Å². The minimum absolute atomic E-state index is 0.0700. The van der Waals surface area contributed by atoms with E-state index in [-0.39, 0.29) is 11.7 Å². The van der Waals surface area contributed by atoms with E-state index in [1.165, 1.54) is 12.1 Å². The number of halogens is 1. The molecule has 0 bridgehead atoms. The van der Waals surface area contributed by atoms with Crippen molar-refractivity contribution >= 4 is 40.4 Å². The molecule has 4 rings (SSSR count). The van der Waals surface area contributed by atoms with Crippen molar-refractivity contribution in [3.8, 4) is 17.2 Å². The quantitative estimate of drug-likeness (QED) is 0.161. The highest BCUT2D eigenvalue weighted by atomic mass is 79.9. The second-order valence-corrected chi connectivity index (χ2v) is 8.90. The summed E-state index contributed by atoms with van der Waals surface area (Å²) in [7, 11) is 0. The lowest BCUT2D eigenvalue weighted by molar-refractivity contribution is 0.0516. The molecule has 0 amide bonds. The molecule has 0 unspecified atom stereocenters. The first-order valence-corrected chi connectivity index (χ1v) is 13.3. The number of esters is 2. The molecule has 4 aromatic carbocycles. The summed E-state index contributed by atoms with van der Waals surface area (Å²) >= 11 is 3.24. The van der Waals surface area contributed by atoms with E-state index in [4.69, 9.17) is 19.3 Å². The summed E-state index contributed by atoms with van der Waals surface area (Å²) in [6, 6.07) is 26.8. The Balaban J connectivity index is 0.000000237. The Morgan fingerprint density at radius 2 is 1.17 bits per heavy atom. The summed E-state index contributed by atoms with van der Waals surface area (Å²) in [6.45, 7) is 4.16. The molecule has 0 spiro atoms. The van der Waals surface area contributed by atoms with Crippen molar-refractivity contribution in [2.45, 2.75) is 13.8 Å². The number of carbonyl (C=O) groups is 4. The molecule has 0 atom stereocenters. The summed E-state index contributed by atoms with van der Waals surface area (Å²) in [5.74, 6) is 0.322. The van der Waals surface area contributed by atoms with Gasteiger partial charge in [-0.1, -0.05) is 52.3 Å². The third-order valence-electron chi connectivity index (χ3n) is 4.92. The highest BCUT2D eigenvalue weighted by Crippen LogP contribution is 2.23. The molecule has 0 aromatic heterocycles. The standard InChI is InChI=1S/C16H14O4.C9H10O3.C7H5BrO/c1-2-19-16(18)13-6-4-8-15(10-13)20-14-7-3-5-12(9-14)11-17;1-2-12-9(11)7-4-3-5-8(10)6-7;8-7-3-1-2-6(4-7)5-9/h3-11H,2H2,1H3;3-6,10H,2H2,1H3;1-5H. The third-order valence-corrected chi connectivity index (χ3v) is 5.41. The van der Waals surface area contributed by atoms with Crippen molar-refractivity contribution in [2.24, 2.45) is 0 Å². The van der Waals surface area contributed by atoms with Crippen molar-refractivity contribution in [3.05, 3.63) is 124 Å². The number of phenolic OH excluding ortho intramolecular Hbond substituents is 1. The molecule has 8 nitrogen and oxygen atoms in total. The van der Waals surface area contributed by atoms with Crippen molar-refractivity contribution in [1.82, 2.24) is 0 Å². The minimum Gasteiger partial charge on any atom is -0.508 e. The van der Waals surface area contributed by atoms with Crippen LogP contribution in [0.5, 0.6) is 17.2 Å². The summed E-state index contributed by atoms with van der Waals surface area (Å²) in [5.41, 5.74) is 2.03. The molecule has 0 saturated heterocycles. The molecule has 212 valence electrons. The van der Waals surface area contributed by atoms with Crippen molar-refractivity contribution in [1.29, 1.82) is 0 Å². The van der Waals surface area contributed by atoms with Gasteiger partial charge in [-0.2, -0.15) is 0 Å². The van der Waals surface area contributed by atoms with E-state index in [1.54, 1.807) is 86.6 Å². The molecule has 4 aromatic rings. The normalized spacial score (nSPS) is 9.54. The Hall–Kier alpha value is -4.76. The van der Waals surface area contributed by atoms with Crippen molar-refractivity contribution in [3.63, 3.8) is 0 Å². The van der Waals surface area contributed by atoms with Gasteiger partial charge in [-0.25, -0.2) is 9.59 Å². The van der Waals surface area contributed by atoms with E-state index in [0.29, 0.717) is 47.0 Å². The summed E-state index contributed by atoms with van der Waals surface area (Å²) in [5, 5.41) is 9.02. The predicted molar refractivity (Wildman–Crippen MR) is 158 cm³/mol. The second kappa shape index (κ2) is 17.8. The van der Waals surface area contributed by atoms with Gasteiger partial charge in [0.1, 0.15) is 29.8 Å². The van der Waals surface area contributed by atoms with E-state index in [1.807, 2.05) is 12.1 Å². The molecular formula is C32H29BrO8. The van der Waals surface area contributed by atoms with Gasteiger partial charge in [0.25, 0.3) is 0 Å². The topological polar surface area (TPSA) is 116 Å². The molecule has 0 fully saturated rings. The molecule has 9 heteroatoms. The minimum atomic E-state index is -0.409. The first-order valence-electron chi connectivity index (χ1n) is 12.5. The maximum atomic E-state index is 11.6. The summed E-state index contributed by atoms with van der Waals surface area (Å²) in [6.07, 6.45) is 1.58. The molecule has 0 aliphatic heterocycles. The Morgan fingerprint density at radius 3 is 1.68 bits per heavy atom. The van der Waals surface area contributed by atoms with Crippen molar-refractivity contribution in [2.75, 3.05) is 13.2 Å². The van der Waals surface area contributed by atoms with E-state index in [2.05, 4.69) is 15.9 Å². The van der Waals surface area contributed by atoms with Gasteiger partial charge in [-0.05, 0) is 74.5 Å². The zero-order chi connectivity index (χ0) is 30.0. The first kappa shape index (κ1) is 32.5. The molecule has 0 radical (unpaired) electrons. The zero-order valence-corrected chi connectivity index (χ0v) is 24.1. The van der Waals surface area contributed by atoms with Crippen LogP contribution in [0.1, 0.15) is 55.3 Å². The number of carbonyl (C=O) groups excluding carboxylic acids is 4. The van der Waals surface area contributed by atoms with Crippen LogP contribution in [0.2, 0.25) is 0 Å². The Labute approximate surface area is 246 Å². The lowest BCUT2D eigenvalue weighted by atomic mass is 10.2. The van der Waals surface area contributed by atoms with E-state index < -0.39 is 5.97 Å². The van der Waals surface area contributed by atoms with Gasteiger partial charge in [0.05, 0.1) is 24.3 Å². The molecule has 1 N–H and O–H groups in total. The Morgan fingerprint density at radius 1 is 0.683 bits per heavy atom. The van der Waals surface area contributed by atoms with Crippen LogP contribution >= 0.6 is 15.9 Å². The molecule has 0 aliphatic carbocycles. The van der Waals surface area contributed by atoms with Crippen LogP contribution in [-0.2, 0) is 9.47 Å². The zero-order valence-electron chi connectivity index (χ0n) is 22.5. The van der Waals surface area contributed by atoms with Gasteiger partial charge < -0.3 is 19.3 Å². The van der Waals surface area contributed by atoms with Crippen molar-refractivity contribution < 1.29 is 38.5 Å². The molecule has 41 heavy (non-hydrogen) atoms. The predicted octanol–water partition coefficient (Wildman–Crippen LogP) is 7.30. The SMILES string of the molecule is CCOC(=O)c1cccc(O)c1.CCOC(=O)c1cccc(Oc2cccc(C=O)c2)c1.O=Cc1cccc(Br)c1. The van der Waals surface area contributed by atoms with Crippen LogP contribution in [0, 0.1) is 0 Å². The average Bonchev–Trinajstić information content (AvgIpc) is 2.98. The Kier molecular flexibility index (Phi) is 14.1. The van der Waals surface area contributed by atoms with E-state index >= 15 is 0 Å². The van der Waals surface area contributed by atoms with Gasteiger partial charge in [-0.3, -0.25) is 9.59 Å². The number of hydrogen-bond donors (Lipinski definition) is 1. The number of phenols is 1. The first-order chi connectivity index (χ1) is 19.8.